The summed E-state index contributed by atoms with van der Waals surface area (Å²) < 4.78 is 78.9. The maximum Gasteiger partial charge on any atom is 0.412 e. The molecule has 2 aromatic carbocycles. The molecule has 3 N–H and O–H groups in total. The number of carbonyl (C=O) groups is 1. The van der Waals surface area contributed by atoms with Gasteiger partial charge in [0.1, 0.15) is 34.1 Å². The fourth-order valence-electron chi connectivity index (χ4n) is 5.31. The molecule has 256 valence electrons. The van der Waals surface area contributed by atoms with E-state index >= 15 is 4.39 Å². The van der Waals surface area contributed by atoms with Gasteiger partial charge in [0.2, 0.25) is 20.8 Å². The number of ether oxygens (including phenoxy) is 2. The summed E-state index contributed by atoms with van der Waals surface area (Å²) in [6.07, 6.45) is -3.75. The number of carbonyl (C=O) groups excluding carboxylic acids is 1. The van der Waals surface area contributed by atoms with Gasteiger partial charge in [0.05, 0.1) is 51.7 Å². The number of nitrogens with one attached hydrogen (secondary N) is 3. The molecule has 0 saturated heterocycles. The Bertz CT molecular complexity index is 2320. The van der Waals surface area contributed by atoms with E-state index in [1.807, 2.05) is 0 Å². The van der Waals surface area contributed by atoms with E-state index in [1.54, 1.807) is 20.8 Å². The van der Waals surface area contributed by atoms with Crippen molar-refractivity contribution in [3.8, 4) is 17.2 Å². The molecule has 5 aromatic rings. The van der Waals surface area contributed by atoms with Crippen LogP contribution < -0.4 is 10.6 Å². The van der Waals surface area contributed by atoms with Crippen LogP contribution in [0.25, 0.3) is 32.1 Å². The molecule has 1 aliphatic heterocycles. The lowest BCUT2D eigenvalue weighted by atomic mass is 9.91. The number of H-pyrrole nitrogens is 1. The fraction of sp³-hybridized carbons (Fsp3) is 0.333. The van der Waals surface area contributed by atoms with Gasteiger partial charge in [-0.3, -0.25) is 10.4 Å². The highest BCUT2D eigenvalue weighted by Gasteiger charge is 2.32. The Morgan fingerprint density at radius 2 is 1.94 bits per heavy atom. The first kappa shape index (κ1) is 34.3. The average Bonchev–Trinajstić information content (AvgIpc) is 3.79. The van der Waals surface area contributed by atoms with E-state index in [0.29, 0.717) is 27.6 Å². The third kappa shape index (κ3) is 6.34. The second kappa shape index (κ2) is 12.7. The van der Waals surface area contributed by atoms with Crippen LogP contribution in [0.15, 0.2) is 17.3 Å². The van der Waals surface area contributed by atoms with E-state index in [4.69, 9.17) is 21.1 Å². The van der Waals surface area contributed by atoms with Gasteiger partial charge in [-0.25, -0.2) is 41.3 Å². The van der Waals surface area contributed by atoms with E-state index in [1.165, 1.54) is 19.1 Å². The molecule has 0 spiro atoms. The van der Waals surface area contributed by atoms with Gasteiger partial charge in [0, 0.05) is 10.9 Å². The van der Waals surface area contributed by atoms with Crippen molar-refractivity contribution >= 4 is 70.7 Å². The highest BCUT2D eigenvalue weighted by molar-refractivity contribution is 7.91. The molecular weight excluding hydrogens is 709 g/mol. The molecule has 1 amide bonds. The van der Waals surface area contributed by atoms with Gasteiger partial charge in [-0.15, -0.1) is 11.3 Å². The Hall–Kier alpha value is -4.57. The summed E-state index contributed by atoms with van der Waals surface area (Å²) in [7, 11) is -4.01. The van der Waals surface area contributed by atoms with E-state index in [0.717, 1.165) is 11.3 Å². The molecule has 0 atom stereocenters. The largest absolute Gasteiger partial charge is 0.444 e. The van der Waals surface area contributed by atoms with Crippen molar-refractivity contribution in [2.75, 3.05) is 16.4 Å². The summed E-state index contributed by atoms with van der Waals surface area (Å²) in [5.74, 6) is -1.66. The number of rotatable bonds is 8. The molecule has 13 nitrogen and oxygen atoms in total. The van der Waals surface area contributed by atoms with Crippen molar-refractivity contribution in [1.29, 1.82) is 5.26 Å². The number of fused-ring (bicyclic) bond motifs is 4. The lowest BCUT2D eigenvalue weighted by molar-refractivity contribution is 0.0636. The average molecular weight is 735 g/mol. The quantitative estimate of drug-likeness (QED) is 0.139. The monoisotopic (exact) mass is 734 g/mol. The maximum absolute atomic E-state index is 15.3. The number of nitriles is 1. The van der Waals surface area contributed by atoms with Crippen molar-refractivity contribution in [3.63, 3.8) is 0 Å². The number of nitrogens with zero attached hydrogens (tertiary/aromatic N) is 5. The number of halogens is 4. The minimum Gasteiger partial charge on any atom is -0.444 e. The molecule has 3 aromatic heterocycles. The third-order valence-corrected chi connectivity index (χ3v) is 10.4. The lowest BCUT2D eigenvalue weighted by Crippen LogP contribution is -2.27. The van der Waals surface area contributed by atoms with Gasteiger partial charge in [0.15, 0.2) is 0 Å². The second-order valence-corrected chi connectivity index (χ2v) is 15.3. The molecule has 4 heterocycles. The van der Waals surface area contributed by atoms with Crippen LogP contribution in [-0.2, 0) is 39.1 Å². The standard InChI is InChI=1S/C30H26ClF3N8O5S2/c1-5-49(44,45)28-38-22-20(25(39-28)36-9-17-37-26(24(33)34)42-41-17)15-11-46-10-14(15)18(21(22)31)12-6-7-16(32)23-19(12)13(8-35)27(48-23)40-29(43)47-30(2,3)4/h6-7,24H,5,9-11H2,1-4H3,(H,40,43)(H,36,38,39)(H,37,41,42). The number of aromatic amines is 1. The summed E-state index contributed by atoms with van der Waals surface area (Å²) in [6.45, 7) is 6.29. The zero-order chi connectivity index (χ0) is 35.4. The van der Waals surface area contributed by atoms with Crippen LogP contribution in [-0.4, -0.2) is 51.0 Å². The van der Waals surface area contributed by atoms with Crippen LogP contribution in [0.5, 0.6) is 0 Å². The topological polar surface area (TPSA) is 185 Å². The zero-order valence-corrected chi connectivity index (χ0v) is 28.6. The van der Waals surface area contributed by atoms with Crippen LogP contribution in [0.4, 0.5) is 28.8 Å². The number of aromatic nitrogens is 5. The summed E-state index contributed by atoms with van der Waals surface area (Å²) in [5.41, 5.74) is 0.816. The molecular formula is C30H26ClF3N8O5S2. The Kier molecular flexibility index (Phi) is 8.90. The summed E-state index contributed by atoms with van der Waals surface area (Å²) in [5, 5.41) is 21.6. The van der Waals surface area contributed by atoms with Gasteiger partial charge >= 0.3 is 6.09 Å². The van der Waals surface area contributed by atoms with E-state index in [-0.39, 0.29) is 68.3 Å². The summed E-state index contributed by atoms with van der Waals surface area (Å²) in [6, 6.07) is 4.69. The van der Waals surface area contributed by atoms with Gasteiger partial charge < -0.3 is 14.8 Å². The number of sulfone groups is 1. The van der Waals surface area contributed by atoms with Crippen molar-refractivity contribution in [2.24, 2.45) is 0 Å². The molecule has 0 aliphatic carbocycles. The number of thiophene rings is 1. The maximum atomic E-state index is 15.3. The highest BCUT2D eigenvalue weighted by Crippen LogP contribution is 2.49. The van der Waals surface area contributed by atoms with E-state index in [9.17, 15) is 27.3 Å². The Balaban J connectivity index is 1.58. The lowest BCUT2D eigenvalue weighted by Gasteiger charge is -2.19. The SMILES string of the molecule is CCS(=O)(=O)c1nc(NCc2nc(C(F)F)n[nH]2)c2c3c(c(-c4ccc(F)c5sc(NC(=O)OC(C)(C)C)c(C#N)c45)c(Cl)c2n1)COC3. The van der Waals surface area contributed by atoms with Crippen molar-refractivity contribution < 1.29 is 35.9 Å². The van der Waals surface area contributed by atoms with Crippen molar-refractivity contribution in [3.05, 3.63) is 51.3 Å². The predicted octanol–water partition coefficient (Wildman–Crippen LogP) is 7.01. The van der Waals surface area contributed by atoms with Crippen molar-refractivity contribution in [1.82, 2.24) is 25.1 Å². The first-order valence-electron chi connectivity index (χ1n) is 14.6. The molecule has 1 aliphatic rings. The highest BCUT2D eigenvalue weighted by atomic mass is 35.5. The van der Waals surface area contributed by atoms with Crippen molar-refractivity contribution in [2.45, 2.75) is 64.6 Å². The minimum absolute atomic E-state index is 0.00889. The van der Waals surface area contributed by atoms with Gasteiger partial charge in [-0.2, -0.15) is 10.4 Å². The van der Waals surface area contributed by atoms with Crippen LogP contribution in [0.3, 0.4) is 0 Å². The van der Waals surface area contributed by atoms with Crippen LogP contribution in [0, 0.1) is 17.1 Å². The Morgan fingerprint density at radius 1 is 1.20 bits per heavy atom. The van der Waals surface area contributed by atoms with Gasteiger partial charge in [0.25, 0.3) is 6.43 Å². The molecule has 6 rings (SSSR count). The molecule has 0 radical (unpaired) electrons. The number of anilines is 2. The zero-order valence-electron chi connectivity index (χ0n) is 26.2. The fourth-order valence-corrected chi connectivity index (χ4v) is 7.45. The number of benzene rings is 2. The summed E-state index contributed by atoms with van der Waals surface area (Å²) in [4.78, 5) is 25.0. The van der Waals surface area contributed by atoms with E-state index < -0.39 is 44.8 Å². The smallest absolute Gasteiger partial charge is 0.412 e. The first-order valence-corrected chi connectivity index (χ1v) is 17.4. The summed E-state index contributed by atoms with van der Waals surface area (Å²) >= 11 is 7.95. The first-order chi connectivity index (χ1) is 23.1. The number of hydrogen-bond acceptors (Lipinski definition) is 12. The van der Waals surface area contributed by atoms with Crippen LogP contribution in [0.1, 0.15) is 62.5 Å². The third-order valence-electron chi connectivity index (χ3n) is 7.39. The molecule has 49 heavy (non-hydrogen) atoms. The minimum atomic E-state index is -4.01. The molecule has 0 unspecified atom stereocenters. The van der Waals surface area contributed by atoms with Gasteiger partial charge in [-0.1, -0.05) is 24.6 Å². The predicted molar refractivity (Wildman–Crippen MR) is 175 cm³/mol. The van der Waals surface area contributed by atoms with Crippen LogP contribution in [0.2, 0.25) is 5.02 Å². The Labute approximate surface area is 285 Å². The number of hydrogen-bond donors (Lipinski definition) is 3. The number of alkyl halides is 2. The Morgan fingerprint density at radius 3 is 2.59 bits per heavy atom. The van der Waals surface area contributed by atoms with Crippen LogP contribution >= 0.6 is 22.9 Å². The molecule has 0 fully saturated rings. The normalized spacial score (nSPS) is 13.2. The molecule has 19 heteroatoms. The van der Waals surface area contributed by atoms with Gasteiger partial charge in [-0.05, 0) is 43.5 Å². The van der Waals surface area contributed by atoms with E-state index in [2.05, 4.69) is 41.9 Å². The molecule has 0 saturated carbocycles. The second-order valence-electron chi connectivity index (χ2n) is 11.8. The molecule has 0 bridgehead atoms. The number of amides is 1.